The highest BCUT2D eigenvalue weighted by Crippen LogP contribution is 2.28. The molecule has 0 saturated heterocycles. The average molecular weight is 561 g/mol. The number of anilines is 2. The molecule has 0 bridgehead atoms. The van der Waals surface area contributed by atoms with Gasteiger partial charge >= 0.3 is 0 Å². The Morgan fingerprint density at radius 3 is 2.42 bits per heavy atom. The summed E-state index contributed by atoms with van der Waals surface area (Å²) in [5.41, 5.74) is 1.00. The van der Waals surface area contributed by atoms with E-state index < -0.39 is 21.7 Å². The van der Waals surface area contributed by atoms with Gasteiger partial charge in [-0.2, -0.15) is 4.98 Å². The Bertz CT molecular complexity index is 1390. The van der Waals surface area contributed by atoms with Crippen LogP contribution in [0.1, 0.15) is 36.8 Å². The first-order chi connectivity index (χ1) is 18.2. The molecule has 1 aromatic carbocycles. The molecule has 3 aromatic rings. The molecule has 9 nitrogen and oxygen atoms in total. The number of sulfonamides is 1. The van der Waals surface area contributed by atoms with Gasteiger partial charge in [0.15, 0.2) is 11.6 Å². The summed E-state index contributed by atoms with van der Waals surface area (Å²) < 4.78 is 47.6. The number of nitrogens with zero attached hydrogens (tertiary/aromatic N) is 4. The Balaban J connectivity index is 1.44. The van der Waals surface area contributed by atoms with Crippen molar-refractivity contribution in [3.8, 4) is 5.88 Å². The normalized spacial score (nSPS) is 18.1. The Morgan fingerprint density at radius 1 is 1.11 bits per heavy atom. The summed E-state index contributed by atoms with van der Waals surface area (Å²) in [6, 6.07) is 7.95. The third kappa shape index (κ3) is 6.77. The molecule has 0 spiro atoms. The Hall–Kier alpha value is -3.28. The predicted octanol–water partition coefficient (Wildman–Crippen LogP) is 4.93. The summed E-state index contributed by atoms with van der Waals surface area (Å²) >= 11 is 5.99. The second kappa shape index (κ2) is 12.1. The number of rotatable bonds is 9. The van der Waals surface area contributed by atoms with E-state index >= 15 is 0 Å². The minimum atomic E-state index is -4.16. The molecule has 4 rings (SSSR count). The second-order valence-corrected chi connectivity index (χ2v) is 11.3. The first kappa shape index (κ1) is 27.7. The molecule has 0 atom stereocenters. The molecular formula is C26H30ClFN6O3S. The van der Waals surface area contributed by atoms with Crippen molar-refractivity contribution in [2.24, 2.45) is 0 Å². The van der Waals surface area contributed by atoms with Gasteiger partial charge in [-0.1, -0.05) is 29.8 Å². The third-order valence-electron chi connectivity index (χ3n) is 6.41. The van der Waals surface area contributed by atoms with Gasteiger partial charge in [-0.05, 0) is 64.1 Å². The number of aromatic nitrogens is 3. The number of halogens is 2. The fourth-order valence-electron chi connectivity index (χ4n) is 4.29. The van der Waals surface area contributed by atoms with E-state index in [0.29, 0.717) is 29.2 Å². The molecular weight excluding hydrogens is 531 g/mol. The smallest absolute Gasteiger partial charge is 0.264 e. The van der Waals surface area contributed by atoms with E-state index in [1.165, 1.54) is 25.3 Å². The SMILES string of the molecule is COc1nc(NS(=O)(=O)c2ccccc2Cl)c(F)cc1/C=C/c1cnc(N[C@H]2CC[C@H](N(C)C)CC2)nc1. The van der Waals surface area contributed by atoms with Gasteiger partial charge in [0, 0.05) is 35.6 Å². The number of ether oxygens (including phenoxy) is 1. The lowest BCUT2D eigenvalue weighted by Crippen LogP contribution is -2.36. The van der Waals surface area contributed by atoms with Gasteiger partial charge in [0.1, 0.15) is 4.90 Å². The standard InChI is InChI=1S/C26H30ClFN6O3S/c1-34(2)20-12-10-19(11-13-20)31-26-29-15-17(16-30-26)8-9-18-14-22(28)24(32-25(18)37-3)33-38(35,36)23-7-5-4-6-21(23)27/h4-9,14-16,19-20H,10-13H2,1-3H3,(H,32,33)(H,29,30,31)/b9-8+/t19-,20-. The molecule has 0 amide bonds. The van der Waals surface area contributed by atoms with E-state index in [9.17, 15) is 12.8 Å². The molecule has 0 aliphatic heterocycles. The Labute approximate surface area is 227 Å². The third-order valence-corrected chi connectivity index (χ3v) is 8.25. The molecule has 1 aliphatic rings. The first-order valence-electron chi connectivity index (χ1n) is 12.1. The van der Waals surface area contributed by atoms with E-state index in [1.807, 2.05) is 0 Å². The molecule has 0 unspecified atom stereocenters. The summed E-state index contributed by atoms with van der Waals surface area (Å²) in [7, 11) is 1.43. The quantitative estimate of drug-likeness (QED) is 0.379. The van der Waals surface area contributed by atoms with E-state index in [0.717, 1.165) is 31.7 Å². The molecule has 1 fully saturated rings. The molecule has 2 N–H and O–H groups in total. The molecule has 12 heteroatoms. The Morgan fingerprint density at radius 2 is 1.79 bits per heavy atom. The van der Waals surface area contributed by atoms with Crippen molar-refractivity contribution in [2.45, 2.75) is 42.7 Å². The zero-order valence-electron chi connectivity index (χ0n) is 21.4. The fraction of sp³-hybridized carbons (Fsp3) is 0.346. The zero-order chi connectivity index (χ0) is 27.3. The Kier molecular flexibility index (Phi) is 8.80. The monoisotopic (exact) mass is 560 g/mol. The predicted molar refractivity (Wildman–Crippen MR) is 147 cm³/mol. The van der Waals surface area contributed by atoms with Crippen LogP contribution in [0, 0.1) is 5.82 Å². The minimum Gasteiger partial charge on any atom is -0.481 e. The molecule has 202 valence electrons. The van der Waals surface area contributed by atoms with Gasteiger partial charge in [-0.25, -0.2) is 22.8 Å². The molecule has 2 aromatic heterocycles. The highest BCUT2D eigenvalue weighted by Gasteiger charge is 2.23. The van der Waals surface area contributed by atoms with Gasteiger partial charge in [0.2, 0.25) is 11.8 Å². The highest BCUT2D eigenvalue weighted by atomic mass is 35.5. The van der Waals surface area contributed by atoms with Crippen LogP contribution in [0.25, 0.3) is 12.2 Å². The lowest BCUT2D eigenvalue weighted by atomic mass is 9.91. The number of pyridine rings is 1. The van der Waals surface area contributed by atoms with Crippen LogP contribution in [-0.4, -0.2) is 61.6 Å². The van der Waals surface area contributed by atoms with Crippen LogP contribution in [0.3, 0.4) is 0 Å². The van der Waals surface area contributed by atoms with E-state index in [1.54, 1.807) is 30.6 Å². The van der Waals surface area contributed by atoms with Gasteiger partial charge < -0.3 is 15.0 Å². The van der Waals surface area contributed by atoms with Gasteiger partial charge in [0.25, 0.3) is 10.0 Å². The van der Waals surface area contributed by atoms with Crippen LogP contribution in [0.2, 0.25) is 5.02 Å². The van der Waals surface area contributed by atoms with E-state index in [2.05, 4.69) is 44.0 Å². The number of methoxy groups -OCH3 is 1. The van der Waals surface area contributed by atoms with Crippen molar-refractivity contribution in [2.75, 3.05) is 31.2 Å². The summed E-state index contributed by atoms with van der Waals surface area (Å²) in [5, 5.41) is 3.40. The maximum absolute atomic E-state index is 14.8. The molecule has 38 heavy (non-hydrogen) atoms. The van der Waals surface area contributed by atoms with E-state index in [4.69, 9.17) is 16.3 Å². The number of benzene rings is 1. The summed E-state index contributed by atoms with van der Waals surface area (Å²) in [5.74, 6) is -0.777. The summed E-state index contributed by atoms with van der Waals surface area (Å²) in [6.45, 7) is 0. The largest absolute Gasteiger partial charge is 0.481 e. The van der Waals surface area contributed by atoms with Gasteiger partial charge in [-0.15, -0.1) is 0 Å². The lowest BCUT2D eigenvalue weighted by molar-refractivity contribution is 0.221. The second-order valence-electron chi connectivity index (χ2n) is 9.24. The van der Waals surface area contributed by atoms with Crippen LogP contribution in [-0.2, 0) is 10.0 Å². The van der Waals surface area contributed by atoms with Crippen molar-refractivity contribution in [1.82, 2.24) is 19.9 Å². The number of hydrogen-bond donors (Lipinski definition) is 2. The highest BCUT2D eigenvalue weighted by molar-refractivity contribution is 7.92. The summed E-state index contributed by atoms with van der Waals surface area (Å²) in [6.07, 6.45) is 11.0. The van der Waals surface area contributed by atoms with Crippen LogP contribution < -0.4 is 14.8 Å². The van der Waals surface area contributed by atoms with E-state index in [-0.39, 0.29) is 15.8 Å². The minimum absolute atomic E-state index is 0.00655. The average Bonchev–Trinajstić information content (AvgIpc) is 2.90. The van der Waals surface area contributed by atoms with Crippen molar-refractivity contribution in [1.29, 1.82) is 0 Å². The summed E-state index contributed by atoms with van der Waals surface area (Å²) in [4.78, 5) is 14.9. The van der Waals surface area contributed by atoms with Crippen LogP contribution in [0.4, 0.5) is 16.2 Å². The van der Waals surface area contributed by atoms with Crippen molar-refractivity contribution >= 4 is 45.5 Å². The first-order valence-corrected chi connectivity index (χ1v) is 14.0. The maximum atomic E-state index is 14.8. The van der Waals surface area contributed by atoms with Crippen molar-refractivity contribution in [3.63, 3.8) is 0 Å². The fourth-order valence-corrected chi connectivity index (χ4v) is 5.82. The molecule has 1 saturated carbocycles. The van der Waals surface area contributed by atoms with Crippen LogP contribution in [0.5, 0.6) is 5.88 Å². The zero-order valence-corrected chi connectivity index (χ0v) is 22.9. The lowest BCUT2D eigenvalue weighted by Gasteiger charge is -2.32. The topological polar surface area (TPSA) is 109 Å². The number of nitrogens with one attached hydrogen (secondary N) is 2. The van der Waals surface area contributed by atoms with Crippen molar-refractivity contribution in [3.05, 3.63) is 64.7 Å². The molecule has 0 radical (unpaired) electrons. The number of hydrogen-bond acceptors (Lipinski definition) is 8. The van der Waals surface area contributed by atoms with Crippen LogP contribution in [0.15, 0.2) is 47.6 Å². The van der Waals surface area contributed by atoms with Crippen LogP contribution >= 0.6 is 11.6 Å². The maximum Gasteiger partial charge on any atom is 0.264 e. The van der Waals surface area contributed by atoms with Crippen molar-refractivity contribution < 1.29 is 17.5 Å². The molecule has 2 heterocycles. The molecule has 1 aliphatic carbocycles. The van der Waals surface area contributed by atoms with Gasteiger partial charge in [-0.3, -0.25) is 4.72 Å². The van der Waals surface area contributed by atoms with Gasteiger partial charge in [0.05, 0.1) is 12.1 Å².